The molecular formula is C21H24N2O3S. The molecule has 1 amide bonds. The average molecular weight is 385 g/mol. The van der Waals surface area contributed by atoms with E-state index in [1.165, 1.54) is 4.70 Å². The summed E-state index contributed by atoms with van der Waals surface area (Å²) in [4.78, 5) is 16.7. The van der Waals surface area contributed by atoms with E-state index >= 15 is 0 Å². The normalized spacial score (nSPS) is 10.7. The highest BCUT2D eigenvalue weighted by molar-refractivity contribution is 7.18. The molecular weight excluding hydrogens is 360 g/mol. The summed E-state index contributed by atoms with van der Waals surface area (Å²) < 4.78 is 11.8. The second-order valence-electron chi connectivity index (χ2n) is 6.21. The lowest BCUT2D eigenvalue weighted by atomic mass is 10.1. The molecule has 142 valence electrons. The number of nitrogens with one attached hydrogen (secondary N) is 1. The molecule has 0 bridgehead atoms. The van der Waals surface area contributed by atoms with Crippen molar-refractivity contribution >= 4 is 27.5 Å². The van der Waals surface area contributed by atoms with Gasteiger partial charge in [0, 0.05) is 19.4 Å². The number of carbonyl (C=O) groups is 1. The predicted molar refractivity (Wildman–Crippen MR) is 109 cm³/mol. The zero-order valence-electron chi connectivity index (χ0n) is 15.7. The van der Waals surface area contributed by atoms with Gasteiger partial charge >= 0.3 is 0 Å². The molecule has 3 rings (SSSR count). The van der Waals surface area contributed by atoms with Crippen LogP contribution in [0.1, 0.15) is 23.4 Å². The Morgan fingerprint density at radius 1 is 1.11 bits per heavy atom. The molecule has 0 aliphatic rings. The number of amides is 1. The van der Waals surface area contributed by atoms with Crippen LogP contribution >= 0.6 is 11.3 Å². The first-order valence-corrected chi connectivity index (χ1v) is 9.83. The van der Waals surface area contributed by atoms with Gasteiger partial charge < -0.3 is 14.8 Å². The van der Waals surface area contributed by atoms with E-state index in [1.807, 2.05) is 36.4 Å². The summed E-state index contributed by atoms with van der Waals surface area (Å²) in [6.07, 6.45) is 2.80. The molecule has 3 aromatic rings. The Kier molecular flexibility index (Phi) is 6.65. The molecule has 27 heavy (non-hydrogen) atoms. The van der Waals surface area contributed by atoms with E-state index in [4.69, 9.17) is 9.47 Å². The number of aromatic nitrogens is 1. The Balaban J connectivity index is 1.42. The second kappa shape index (κ2) is 9.37. The Morgan fingerprint density at radius 2 is 1.96 bits per heavy atom. The van der Waals surface area contributed by atoms with Crippen molar-refractivity contribution in [2.75, 3.05) is 20.8 Å². The van der Waals surface area contributed by atoms with E-state index in [0.717, 1.165) is 40.4 Å². The molecule has 0 spiro atoms. The molecule has 2 aromatic carbocycles. The highest BCUT2D eigenvalue weighted by Gasteiger charge is 2.09. The van der Waals surface area contributed by atoms with Gasteiger partial charge in [-0.25, -0.2) is 4.98 Å². The maximum absolute atomic E-state index is 12.1. The van der Waals surface area contributed by atoms with Crippen LogP contribution in [0.4, 0.5) is 0 Å². The third kappa shape index (κ3) is 5.20. The molecule has 0 aliphatic carbocycles. The zero-order valence-corrected chi connectivity index (χ0v) is 16.5. The summed E-state index contributed by atoms with van der Waals surface area (Å²) >= 11 is 1.72. The van der Waals surface area contributed by atoms with Crippen molar-refractivity contribution in [2.45, 2.75) is 25.7 Å². The van der Waals surface area contributed by atoms with Crippen molar-refractivity contribution in [2.24, 2.45) is 0 Å². The van der Waals surface area contributed by atoms with E-state index < -0.39 is 0 Å². The van der Waals surface area contributed by atoms with E-state index in [0.29, 0.717) is 19.4 Å². The van der Waals surface area contributed by atoms with Crippen LogP contribution in [0.3, 0.4) is 0 Å². The van der Waals surface area contributed by atoms with Gasteiger partial charge in [0.2, 0.25) is 5.91 Å². The van der Waals surface area contributed by atoms with Gasteiger partial charge in [0.05, 0.1) is 29.4 Å². The van der Waals surface area contributed by atoms with Crippen molar-refractivity contribution in [3.63, 3.8) is 0 Å². The van der Waals surface area contributed by atoms with Crippen LogP contribution in [0.15, 0.2) is 42.5 Å². The minimum atomic E-state index is 0.0455. The minimum absolute atomic E-state index is 0.0455. The summed E-state index contributed by atoms with van der Waals surface area (Å²) in [6, 6.07) is 13.8. The third-order valence-electron chi connectivity index (χ3n) is 4.34. The van der Waals surface area contributed by atoms with Gasteiger partial charge in [0.25, 0.3) is 0 Å². The molecule has 0 saturated heterocycles. The Morgan fingerprint density at radius 3 is 2.74 bits per heavy atom. The van der Waals surface area contributed by atoms with Crippen LogP contribution in [0.2, 0.25) is 0 Å². The number of hydrogen-bond donors (Lipinski definition) is 1. The maximum Gasteiger partial charge on any atom is 0.220 e. The number of carbonyl (C=O) groups excluding carboxylic acids is 1. The SMILES string of the molecule is COc1ccc(OC)c(CCC(=O)NCCCc2nc3ccccc3s2)c1. The molecule has 1 aromatic heterocycles. The summed E-state index contributed by atoms with van der Waals surface area (Å²) in [5, 5.41) is 4.11. The minimum Gasteiger partial charge on any atom is -0.497 e. The number of aryl methyl sites for hydroxylation is 2. The summed E-state index contributed by atoms with van der Waals surface area (Å²) in [5.41, 5.74) is 2.02. The third-order valence-corrected chi connectivity index (χ3v) is 5.43. The quantitative estimate of drug-likeness (QED) is 0.567. The van der Waals surface area contributed by atoms with Gasteiger partial charge in [-0.3, -0.25) is 4.79 Å². The van der Waals surface area contributed by atoms with Crippen LogP contribution in [0.5, 0.6) is 11.5 Å². The number of rotatable bonds is 9. The molecule has 0 radical (unpaired) electrons. The maximum atomic E-state index is 12.1. The standard InChI is InChI=1S/C21H24N2O3S/c1-25-16-10-11-18(26-2)15(14-16)9-12-20(24)22-13-5-8-21-23-17-6-3-4-7-19(17)27-21/h3-4,6-7,10-11,14H,5,8-9,12-13H2,1-2H3,(H,22,24). The largest absolute Gasteiger partial charge is 0.497 e. The summed E-state index contributed by atoms with van der Waals surface area (Å²) in [5.74, 6) is 1.59. The Bertz CT molecular complexity index is 874. The molecule has 0 atom stereocenters. The second-order valence-corrected chi connectivity index (χ2v) is 7.32. The number of hydrogen-bond acceptors (Lipinski definition) is 5. The average Bonchev–Trinajstić information content (AvgIpc) is 3.12. The number of para-hydroxylation sites is 1. The summed E-state index contributed by atoms with van der Waals surface area (Å²) in [7, 11) is 3.26. The number of thiazole rings is 1. The van der Waals surface area contributed by atoms with Crippen LogP contribution in [-0.2, 0) is 17.6 Å². The Hall–Kier alpha value is -2.60. The number of nitrogens with zero attached hydrogens (tertiary/aromatic N) is 1. The number of methoxy groups -OCH3 is 2. The lowest BCUT2D eigenvalue weighted by Crippen LogP contribution is -2.25. The first kappa shape index (κ1) is 19.2. The number of fused-ring (bicyclic) bond motifs is 1. The molecule has 0 fully saturated rings. The smallest absolute Gasteiger partial charge is 0.220 e. The molecule has 1 N–H and O–H groups in total. The van der Waals surface area contributed by atoms with E-state index in [9.17, 15) is 4.79 Å². The van der Waals surface area contributed by atoms with Gasteiger partial charge in [-0.2, -0.15) is 0 Å². The lowest BCUT2D eigenvalue weighted by Gasteiger charge is -2.10. The fourth-order valence-electron chi connectivity index (χ4n) is 2.91. The van der Waals surface area contributed by atoms with Crippen molar-refractivity contribution in [3.8, 4) is 11.5 Å². The zero-order chi connectivity index (χ0) is 19.1. The fraction of sp³-hybridized carbons (Fsp3) is 0.333. The van der Waals surface area contributed by atoms with Gasteiger partial charge in [-0.15, -0.1) is 11.3 Å². The van der Waals surface area contributed by atoms with Crippen LogP contribution in [0.25, 0.3) is 10.2 Å². The van der Waals surface area contributed by atoms with Crippen molar-refractivity contribution in [3.05, 3.63) is 53.0 Å². The Labute approximate surface area is 163 Å². The van der Waals surface area contributed by atoms with Crippen molar-refractivity contribution < 1.29 is 14.3 Å². The van der Waals surface area contributed by atoms with Gasteiger partial charge in [0.1, 0.15) is 11.5 Å². The molecule has 5 nitrogen and oxygen atoms in total. The van der Waals surface area contributed by atoms with Gasteiger partial charge in [-0.05, 0) is 48.7 Å². The van der Waals surface area contributed by atoms with Gasteiger partial charge in [0.15, 0.2) is 0 Å². The highest BCUT2D eigenvalue weighted by Crippen LogP contribution is 2.25. The molecule has 6 heteroatoms. The van der Waals surface area contributed by atoms with Crippen molar-refractivity contribution in [1.29, 1.82) is 0 Å². The molecule has 0 aliphatic heterocycles. The fourth-order valence-corrected chi connectivity index (χ4v) is 3.92. The van der Waals surface area contributed by atoms with Crippen LogP contribution in [0, 0.1) is 0 Å². The van der Waals surface area contributed by atoms with E-state index in [2.05, 4.69) is 16.4 Å². The molecule has 0 saturated carbocycles. The van der Waals surface area contributed by atoms with E-state index in [1.54, 1.807) is 25.6 Å². The monoisotopic (exact) mass is 384 g/mol. The van der Waals surface area contributed by atoms with Crippen LogP contribution in [-0.4, -0.2) is 31.7 Å². The highest BCUT2D eigenvalue weighted by atomic mass is 32.1. The number of benzene rings is 2. The van der Waals surface area contributed by atoms with Gasteiger partial charge in [-0.1, -0.05) is 12.1 Å². The topological polar surface area (TPSA) is 60.5 Å². The van der Waals surface area contributed by atoms with Crippen LogP contribution < -0.4 is 14.8 Å². The molecule has 1 heterocycles. The number of ether oxygens (including phenoxy) is 2. The summed E-state index contributed by atoms with van der Waals surface area (Å²) in [6.45, 7) is 0.657. The van der Waals surface area contributed by atoms with Crippen molar-refractivity contribution in [1.82, 2.24) is 10.3 Å². The first-order valence-electron chi connectivity index (χ1n) is 9.01. The lowest BCUT2D eigenvalue weighted by molar-refractivity contribution is -0.121. The molecule has 0 unspecified atom stereocenters. The first-order chi connectivity index (χ1) is 13.2. The predicted octanol–water partition coefficient (Wildman–Crippen LogP) is 4.00. The van der Waals surface area contributed by atoms with E-state index in [-0.39, 0.29) is 5.91 Å².